The lowest BCUT2D eigenvalue weighted by Gasteiger charge is -2.47. The number of ether oxygens (including phenoxy) is 1. The highest BCUT2D eigenvalue weighted by molar-refractivity contribution is 14.1. The van der Waals surface area contributed by atoms with Crippen molar-refractivity contribution in [3.8, 4) is 0 Å². The summed E-state index contributed by atoms with van der Waals surface area (Å²) in [6, 6.07) is 0. The molecule has 0 radical (unpaired) electrons. The monoisotopic (exact) mass is 392 g/mol. The van der Waals surface area contributed by atoms with Gasteiger partial charge in [0.05, 0.1) is 11.0 Å². The summed E-state index contributed by atoms with van der Waals surface area (Å²) < 4.78 is 6.42. The van der Waals surface area contributed by atoms with E-state index in [0.717, 1.165) is 17.9 Å². The van der Waals surface area contributed by atoms with E-state index in [1.807, 2.05) is 6.92 Å². The Morgan fingerprint density at radius 1 is 1.42 bits per heavy atom. The Labute approximate surface area is 132 Å². The average molecular weight is 393 g/mol. The van der Waals surface area contributed by atoms with E-state index in [-0.39, 0.29) is 11.9 Å². The van der Waals surface area contributed by atoms with Gasteiger partial charge in [-0.25, -0.2) is 0 Å². The van der Waals surface area contributed by atoms with E-state index in [1.165, 1.54) is 19.3 Å². The van der Waals surface area contributed by atoms with E-state index < -0.39 is 5.60 Å². The van der Waals surface area contributed by atoms with Crippen LogP contribution in [0.4, 0.5) is 0 Å². The smallest absolute Gasteiger partial charge is 0.310 e. The molecule has 1 saturated heterocycles. The van der Waals surface area contributed by atoms with Gasteiger partial charge in [0.15, 0.2) is 0 Å². The summed E-state index contributed by atoms with van der Waals surface area (Å²) in [5, 5.41) is 0.777. The highest BCUT2D eigenvalue weighted by Gasteiger charge is 2.71. The SMILES string of the molecule is C[C@]12OC(=O)[C@@H]3CCC[C@@H](I)[C@H](C=C1Cl)C1(CC1)[C@@H]32. The van der Waals surface area contributed by atoms with Gasteiger partial charge in [-0.1, -0.05) is 46.7 Å². The number of carbonyl (C=O) groups is 1. The molecule has 4 heteroatoms. The molecule has 1 spiro atoms. The largest absolute Gasteiger partial charge is 0.453 e. The summed E-state index contributed by atoms with van der Waals surface area (Å²) in [5.41, 5.74) is -0.236. The van der Waals surface area contributed by atoms with E-state index >= 15 is 0 Å². The first-order valence-electron chi connectivity index (χ1n) is 7.24. The van der Waals surface area contributed by atoms with Crippen LogP contribution >= 0.6 is 34.2 Å². The van der Waals surface area contributed by atoms with Crippen molar-refractivity contribution in [1.82, 2.24) is 0 Å². The van der Waals surface area contributed by atoms with Gasteiger partial charge in [-0.2, -0.15) is 0 Å². The number of hydrogen-bond acceptors (Lipinski definition) is 2. The second-order valence-corrected chi connectivity index (χ2v) is 8.84. The molecule has 0 amide bonds. The van der Waals surface area contributed by atoms with E-state index in [9.17, 15) is 4.79 Å². The topological polar surface area (TPSA) is 26.3 Å². The van der Waals surface area contributed by atoms with Gasteiger partial charge in [0.25, 0.3) is 0 Å². The molecule has 1 heterocycles. The quantitative estimate of drug-likeness (QED) is 0.353. The molecule has 104 valence electrons. The van der Waals surface area contributed by atoms with Crippen LogP contribution in [0.3, 0.4) is 0 Å². The second kappa shape index (κ2) is 3.90. The molecule has 3 aliphatic carbocycles. The van der Waals surface area contributed by atoms with Gasteiger partial charge in [-0.3, -0.25) is 4.79 Å². The molecule has 1 aliphatic heterocycles. The molecule has 2 nitrogen and oxygen atoms in total. The third-order valence-electron chi connectivity index (χ3n) is 5.91. The number of esters is 1. The number of allylic oxidation sites excluding steroid dienone is 1. The number of rotatable bonds is 0. The van der Waals surface area contributed by atoms with Crippen LogP contribution in [0.15, 0.2) is 11.1 Å². The van der Waals surface area contributed by atoms with Crippen molar-refractivity contribution in [2.24, 2.45) is 23.2 Å². The van der Waals surface area contributed by atoms with Crippen LogP contribution in [0.5, 0.6) is 0 Å². The van der Waals surface area contributed by atoms with Crippen LogP contribution in [0.2, 0.25) is 0 Å². The molecule has 2 bridgehead atoms. The van der Waals surface area contributed by atoms with Crippen LogP contribution in [-0.4, -0.2) is 15.5 Å². The molecular weight excluding hydrogens is 375 g/mol. The fraction of sp³-hybridized carbons (Fsp3) is 0.800. The summed E-state index contributed by atoms with van der Waals surface area (Å²) in [6.45, 7) is 2.04. The van der Waals surface area contributed by atoms with Crippen molar-refractivity contribution in [1.29, 1.82) is 0 Å². The van der Waals surface area contributed by atoms with Crippen LogP contribution in [0, 0.1) is 23.2 Å². The maximum Gasteiger partial charge on any atom is 0.310 e. The summed E-state index contributed by atoms with van der Waals surface area (Å²) in [5.74, 6) is 0.933. The molecule has 0 aromatic heterocycles. The third kappa shape index (κ3) is 1.52. The normalized spacial score (nSPS) is 50.3. The van der Waals surface area contributed by atoms with Crippen LogP contribution in [-0.2, 0) is 9.53 Å². The molecule has 4 aliphatic rings. The molecule has 4 rings (SSSR count). The summed E-state index contributed by atoms with van der Waals surface area (Å²) in [6.07, 6.45) is 8.02. The predicted octanol–water partition coefficient (Wildman–Crippen LogP) is 4.05. The Morgan fingerprint density at radius 2 is 2.16 bits per heavy atom. The lowest BCUT2D eigenvalue weighted by Crippen LogP contribution is -2.49. The number of halogens is 2. The van der Waals surface area contributed by atoms with Crippen molar-refractivity contribution >= 4 is 40.2 Å². The molecule has 0 N–H and O–H groups in total. The molecule has 0 aromatic rings. The van der Waals surface area contributed by atoms with E-state index in [2.05, 4.69) is 28.7 Å². The zero-order valence-electron chi connectivity index (χ0n) is 11.0. The molecule has 2 saturated carbocycles. The summed E-state index contributed by atoms with van der Waals surface area (Å²) in [4.78, 5) is 12.3. The molecule has 3 fully saturated rings. The molecular formula is C15H18ClIO2. The van der Waals surface area contributed by atoms with Crippen molar-refractivity contribution in [3.63, 3.8) is 0 Å². The van der Waals surface area contributed by atoms with Crippen LogP contribution in [0.1, 0.15) is 39.0 Å². The third-order valence-corrected chi connectivity index (χ3v) is 7.81. The zero-order valence-corrected chi connectivity index (χ0v) is 13.9. The minimum Gasteiger partial charge on any atom is -0.453 e. The average Bonchev–Trinajstić information content (AvgIpc) is 3.07. The Bertz CT molecular complexity index is 485. The van der Waals surface area contributed by atoms with Crippen LogP contribution < -0.4 is 0 Å². The fourth-order valence-corrected chi connectivity index (χ4v) is 6.62. The maximum absolute atomic E-state index is 12.3. The first-order valence-corrected chi connectivity index (χ1v) is 8.86. The lowest BCUT2D eigenvalue weighted by molar-refractivity contribution is -0.147. The fourth-order valence-electron chi connectivity index (χ4n) is 4.96. The van der Waals surface area contributed by atoms with E-state index in [1.54, 1.807) is 0 Å². The minimum absolute atomic E-state index is 0.00196. The van der Waals surface area contributed by atoms with Gasteiger partial charge < -0.3 is 4.74 Å². The Kier molecular flexibility index (Phi) is 2.66. The van der Waals surface area contributed by atoms with Gasteiger partial charge >= 0.3 is 5.97 Å². The van der Waals surface area contributed by atoms with Gasteiger partial charge in [0, 0.05) is 9.84 Å². The zero-order chi connectivity index (χ0) is 13.4. The van der Waals surface area contributed by atoms with Gasteiger partial charge in [0.2, 0.25) is 0 Å². The standard InChI is InChI=1S/C15H18ClIO2/c1-14-11(16)7-9-10(17)4-2-3-8(13(18)19-14)12(14)15(9)5-6-15/h7-10,12H,2-6H2,1H3/t8-,9+,10-,12+,14+/m1/s1. The first-order chi connectivity index (χ1) is 8.99. The number of carbonyl (C=O) groups excluding carboxylic acids is 1. The van der Waals surface area contributed by atoms with Crippen molar-refractivity contribution < 1.29 is 9.53 Å². The molecule has 0 unspecified atom stereocenters. The van der Waals surface area contributed by atoms with Gasteiger partial charge in [-0.05, 0) is 43.9 Å². The Morgan fingerprint density at radius 3 is 2.84 bits per heavy atom. The van der Waals surface area contributed by atoms with E-state index in [4.69, 9.17) is 16.3 Å². The summed E-state index contributed by atoms with van der Waals surface area (Å²) >= 11 is 9.14. The predicted molar refractivity (Wildman–Crippen MR) is 82.2 cm³/mol. The molecule has 5 atom stereocenters. The van der Waals surface area contributed by atoms with Crippen LogP contribution in [0.25, 0.3) is 0 Å². The molecule has 19 heavy (non-hydrogen) atoms. The highest BCUT2D eigenvalue weighted by Crippen LogP contribution is 2.71. The minimum atomic E-state index is -0.538. The lowest BCUT2D eigenvalue weighted by atomic mass is 9.59. The summed E-state index contributed by atoms with van der Waals surface area (Å²) in [7, 11) is 0. The van der Waals surface area contributed by atoms with Gasteiger partial charge in [0.1, 0.15) is 5.60 Å². The number of alkyl halides is 1. The molecule has 0 aromatic carbocycles. The van der Waals surface area contributed by atoms with Crippen molar-refractivity contribution in [2.45, 2.75) is 48.6 Å². The Balaban J connectivity index is 1.91. The number of hydrogen-bond donors (Lipinski definition) is 0. The van der Waals surface area contributed by atoms with Crippen molar-refractivity contribution in [3.05, 3.63) is 11.1 Å². The maximum atomic E-state index is 12.3. The Hall–Kier alpha value is 0.230. The second-order valence-electron chi connectivity index (χ2n) is 6.83. The first kappa shape index (κ1) is 12.9. The van der Waals surface area contributed by atoms with E-state index in [0.29, 0.717) is 21.2 Å². The van der Waals surface area contributed by atoms with Crippen molar-refractivity contribution in [2.75, 3.05) is 0 Å². The highest BCUT2D eigenvalue weighted by atomic mass is 127. The van der Waals surface area contributed by atoms with Gasteiger partial charge in [-0.15, -0.1) is 0 Å².